The summed E-state index contributed by atoms with van der Waals surface area (Å²) in [6.45, 7) is 0.589. The minimum Gasteiger partial charge on any atom is -0.496 e. The number of fused-ring (bicyclic) bond motifs is 3. The summed E-state index contributed by atoms with van der Waals surface area (Å²) in [5.41, 5.74) is 5.42. The van der Waals surface area contributed by atoms with Crippen LogP contribution in [0.4, 0.5) is 0 Å². The van der Waals surface area contributed by atoms with Crippen LogP contribution in [0, 0.1) is 0 Å². The van der Waals surface area contributed by atoms with E-state index < -0.39 is 0 Å². The predicted octanol–water partition coefficient (Wildman–Crippen LogP) is 3.57. The molecule has 0 saturated heterocycles. The maximum atomic E-state index is 12.0. The highest BCUT2D eigenvalue weighted by Gasteiger charge is 2.29. The Kier molecular flexibility index (Phi) is 4.81. The number of benzene rings is 2. The minimum absolute atomic E-state index is 0.230. The van der Waals surface area contributed by atoms with Crippen LogP contribution >= 0.6 is 11.6 Å². The van der Waals surface area contributed by atoms with Gasteiger partial charge >= 0.3 is 5.97 Å². The van der Waals surface area contributed by atoms with Crippen molar-refractivity contribution in [2.45, 2.75) is 24.9 Å². The van der Waals surface area contributed by atoms with Crippen LogP contribution in [0.25, 0.3) is 16.6 Å². The molecule has 0 fully saturated rings. The van der Waals surface area contributed by atoms with E-state index in [-0.39, 0.29) is 12.0 Å². The van der Waals surface area contributed by atoms with Crippen LogP contribution < -0.4 is 10.1 Å². The highest BCUT2D eigenvalue weighted by atomic mass is 35.5. The third-order valence-electron chi connectivity index (χ3n) is 5.16. The number of nitrogens with zero attached hydrogens (tertiary/aromatic N) is 1. The number of methoxy groups -OCH3 is 2. The number of para-hydroxylation sites is 1. The Morgan fingerprint density at radius 1 is 1.26 bits per heavy atom. The summed E-state index contributed by atoms with van der Waals surface area (Å²) < 4.78 is 12.6. The highest BCUT2D eigenvalue weighted by molar-refractivity contribution is 6.17. The number of aromatic nitrogens is 1. The average molecular weight is 385 g/mol. The van der Waals surface area contributed by atoms with Crippen molar-refractivity contribution in [3.8, 4) is 11.4 Å². The molecule has 2 aromatic carbocycles. The van der Waals surface area contributed by atoms with E-state index in [1.165, 1.54) is 12.7 Å². The minimum atomic E-state index is -0.323. The van der Waals surface area contributed by atoms with Crippen molar-refractivity contribution >= 4 is 28.5 Å². The second-order valence-electron chi connectivity index (χ2n) is 6.57. The van der Waals surface area contributed by atoms with Gasteiger partial charge in [0.25, 0.3) is 0 Å². The number of rotatable bonds is 4. The first-order valence-corrected chi connectivity index (χ1v) is 9.37. The second kappa shape index (κ2) is 7.25. The van der Waals surface area contributed by atoms with Gasteiger partial charge in [-0.25, -0.2) is 0 Å². The van der Waals surface area contributed by atoms with Crippen LogP contribution in [0.5, 0.6) is 5.75 Å². The first-order chi connectivity index (χ1) is 13.2. The molecular formula is C21H21ClN2O3. The number of esters is 1. The van der Waals surface area contributed by atoms with Gasteiger partial charge in [0.05, 0.1) is 25.6 Å². The Bertz CT molecular complexity index is 1010. The van der Waals surface area contributed by atoms with Gasteiger partial charge in [-0.3, -0.25) is 10.1 Å². The molecule has 1 N–H and O–H groups in total. The van der Waals surface area contributed by atoms with Gasteiger partial charge in [-0.1, -0.05) is 18.2 Å². The zero-order chi connectivity index (χ0) is 19.0. The molecule has 6 heteroatoms. The van der Waals surface area contributed by atoms with Gasteiger partial charge < -0.3 is 14.0 Å². The van der Waals surface area contributed by atoms with E-state index in [1.807, 2.05) is 24.3 Å². The number of ether oxygens (including phenoxy) is 2. The van der Waals surface area contributed by atoms with Crippen molar-refractivity contribution in [2.75, 3.05) is 14.2 Å². The van der Waals surface area contributed by atoms with E-state index in [1.54, 1.807) is 7.11 Å². The van der Waals surface area contributed by atoms with E-state index in [4.69, 9.17) is 21.1 Å². The normalized spacial score (nSPS) is 16.2. The number of hydrogen-bond acceptors (Lipinski definition) is 4. The van der Waals surface area contributed by atoms with Crippen LogP contribution in [0.15, 0.2) is 42.5 Å². The lowest BCUT2D eigenvalue weighted by atomic mass is 9.98. The maximum absolute atomic E-state index is 12.0. The molecule has 140 valence electrons. The summed E-state index contributed by atoms with van der Waals surface area (Å²) in [6.07, 6.45) is 0.605. The van der Waals surface area contributed by atoms with Crippen molar-refractivity contribution in [3.05, 3.63) is 59.3 Å². The second-order valence-corrected chi connectivity index (χ2v) is 6.84. The molecule has 1 aliphatic heterocycles. The van der Waals surface area contributed by atoms with E-state index in [9.17, 15) is 4.79 Å². The lowest BCUT2D eigenvalue weighted by Gasteiger charge is -2.24. The lowest BCUT2D eigenvalue weighted by molar-refractivity contribution is -0.143. The SMILES string of the molecule is COC(=O)C1Cc2c(n(-c3ccc(OC)c(CCl)c3)c3ccccc23)CN1. The molecule has 1 unspecified atom stereocenters. The molecule has 2 heterocycles. The fraction of sp³-hybridized carbons (Fsp3) is 0.286. The Morgan fingerprint density at radius 3 is 2.81 bits per heavy atom. The number of nitrogens with one attached hydrogen (secondary N) is 1. The fourth-order valence-electron chi connectivity index (χ4n) is 3.88. The smallest absolute Gasteiger partial charge is 0.323 e. The summed E-state index contributed by atoms with van der Waals surface area (Å²) in [4.78, 5) is 12.0. The van der Waals surface area contributed by atoms with Crippen LogP contribution in [0.3, 0.4) is 0 Å². The number of hydrogen-bond donors (Lipinski definition) is 1. The van der Waals surface area contributed by atoms with Crippen molar-refractivity contribution in [1.82, 2.24) is 9.88 Å². The van der Waals surface area contributed by atoms with Crippen LogP contribution in [-0.4, -0.2) is 30.8 Å². The Labute approximate surface area is 162 Å². The maximum Gasteiger partial charge on any atom is 0.323 e. The van der Waals surface area contributed by atoms with Gasteiger partial charge in [0.1, 0.15) is 11.8 Å². The number of halogens is 1. The van der Waals surface area contributed by atoms with Crippen LogP contribution in [-0.2, 0) is 28.4 Å². The van der Waals surface area contributed by atoms with Gasteiger partial charge in [0.2, 0.25) is 0 Å². The molecular weight excluding hydrogens is 364 g/mol. The first kappa shape index (κ1) is 17.9. The predicted molar refractivity (Wildman–Crippen MR) is 106 cm³/mol. The first-order valence-electron chi connectivity index (χ1n) is 8.83. The van der Waals surface area contributed by atoms with Crippen molar-refractivity contribution in [1.29, 1.82) is 0 Å². The molecule has 1 aliphatic rings. The van der Waals surface area contributed by atoms with Gasteiger partial charge in [-0.2, -0.15) is 0 Å². The average Bonchev–Trinajstić information content (AvgIpc) is 3.06. The molecule has 0 bridgehead atoms. The highest BCUT2D eigenvalue weighted by Crippen LogP contribution is 2.34. The molecule has 1 aromatic heterocycles. The summed E-state index contributed by atoms with van der Waals surface area (Å²) in [7, 11) is 3.07. The third-order valence-corrected chi connectivity index (χ3v) is 5.45. The van der Waals surface area contributed by atoms with E-state index in [0.717, 1.165) is 33.6 Å². The largest absolute Gasteiger partial charge is 0.496 e. The van der Waals surface area contributed by atoms with Crippen molar-refractivity contribution in [3.63, 3.8) is 0 Å². The third kappa shape index (κ3) is 2.97. The molecule has 3 aromatic rings. The zero-order valence-electron chi connectivity index (χ0n) is 15.3. The van der Waals surface area contributed by atoms with Gasteiger partial charge in [-0.05, 0) is 29.8 Å². The van der Waals surface area contributed by atoms with E-state index in [2.05, 4.69) is 28.1 Å². The van der Waals surface area contributed by atoms with E-state index >= 15 is 0 Å². The quantitative estimate of drug-likeness (QED) is 0.552. The molecule has 0 saturated carbocycles. The van der Waals surface area contributed by atoms with Crippen LogP contribution in [0.2, 0.25) is 0 Å². The molecule has 0 amide bonds. The lowest BCUT2D eigenvalue weighted by Crippen LogP contribution is -2.42. The summed E-state index contributed by atoms with van der Waals surface area (Å²) >= 11 is 6.12. The summed E-state index contributed by atoms with van der Waals surface area (Å²) in [5, 5.41) is 4.46. The zero-order valence-corrected chi connectivity index (χ0v) is 16.0. The van der Waals surface area contributed by atoms with Gasteiger partial charge in [0, 0.05) is 35.3 Å². The Morgan fingerprint density at radius 2 is 2.07 bits per heavy atom. The molecule has 1 atom stereocenters. The standard InChI is InChI=1S/C21H21ClN2O3/c1-26-20-8-7-14(9-13(20)11-22)24-18-6-4-3-5-15(18)16-10-17(21(25)27-2)23-12-19(16)24/h3-9,17,23H,10-12H2,1-2H3. The molecule has 27 heavy (non-hydrogen) atoms. The number of carbonyl (C=O) groups excluding carboxylic acids is 1. The number of alkyl halides is 1. The number of carbonyl (C=O) groups is 1. The summed E-state index contributed by atoms with van der Waals surface area (Å²) in [6, 6.07) is 14.0. The molecule has 4 rings (SSSR count). The molecule has 0 radical (unpaired) electrons. The van der Waals surface area contributed by atoms with E-state index in [0.29, 0.717) is 18.8 Å². The van der Waals surface area contributed by atoms with Crippen molar-refractivity contribution in [2.24, 2.45) is 0 Å². The molecule has 0 aliphatic carbocycles. The summed E-state index contributed by atoms with van der Waals surface area (Å²) in [5.74, 6) is 0.926. The van der Waals surface area contributed by atoms with Gasteiger partial charge in [-0.15, -0.1) is 11.6 Å². The molecule has 0 spiro atoms. The van der Waals surface area contributed by atoms with Crippen molar-refractivity contribution < 1.29 is 14.3 Å². The monoisotopic (exact) mass is 384 g/mol. The molecule has 5 nitrogen and oxygen atoms in total. The Balaban J connectivity index is 1.89. The topological polar surface area (TPSA) is 52.5 Å². The van der Waals surface area contributed by atoms with Crippen LogP contribution in [0.1, 0.15) is 16.8 Å². The van der Waals surface area contributed by atoms with Gasteiger partial charge in [0.15, 0.2) is 0 Å². The fourth-order valence-corrected chi connectivity index (χ4v) is 4.09. The Hall–Kier alpha value is -2.50.